The van der Waals surface area contributed by atoms with Crippen molar-refractivity contribution in [3.63, 3.8) is 0 Å². The van der Waals surface area contributed by atoms with Gasteiger partial charge in [-0.15, -0.1) is 6.58 Å². The van der Waals surface area contributed by atoms with Crippen LogP contribution in [0.5, 0.6) is 0 Å². The number of ether oxygens (including phenoxy) is 1. The van der Waals surface area contributed by atoms with Crippen molar-refractivity contribution in [2.45, 2.75) is 44.4 Å². The molecule has 2 nitrogen and oxygen atoms in total. The lowest BCUT2D eigenvalue weighted by atomic mass is 10.3. The first-order valence-electron chi connectivity index (χ1n) is 5.56. The molecule has 81 valence electrons. The highest BCUT2D eigenvalue weighted by molar-refractivity contribution is 6.52. The van der Waals surface area contributed by atoms with Crippen LogP contribution in [-0.4, -0.2) is 28.4 Å². The highest BCUT2D eigenvalue weighted by Crippen LogP contribution is 2.18. The maximum absolute atomic E-state index is 5.79. The summed E-state index contributed by atoms with van der Waals surface area (Å²) < 4.78 is 11.5. The molecular formula is C11H21O2Si. The molecule has 3 heteroatoms. The SMILES string of the molecule is C=CCOC(CC)C[Si]1CCCCO1. The second kappa shape index (κ2) is 7.21. The molecule has 1 heterocycles. The smallest absolute Gasteiger partial charge is 0.213 e. The van der Waals surface area contributed by atoms with Gasteiger partial charge in [-0.3, -0.25) is 0 Å². The van der Waals surface area contributed by atoms with E-state index in [1.165, 1.54) is 18.9 Å². The maximum atomic E-state index is 5.79. The van der Waals surface area contributed by atoms with E-state index in [1.54, 1.807) is 0 Å². The van der Waals surface area contributed by atoms with Crippen LogP contribution in [0.1, 0.15) is 26.2 Å². The minimum Gasteiger partial charge on any atom is -0.417 e. The van der Waals surface area contributed by atoms with E-state index >= 15 is 0 Å². The molecule has 0 aromatic heterocycles. The molecule has 0 N–H and O–H groups in total. The summed E-state index contributed by atoms with van der Waals surface area (Å²) in [5, 5.41) is 0. The van der Waals surface area contributed by atoms with Gasteiger partial charge in [0.05, 0.1) is 12.7 Å². The van der Waals surface area contributed by atoms with E-state index in [4.69, 9.17) is 9.16 Å². The molecule has 0 amide bonds. The number of rotatable bonds is 6. The van der Waals surface area contributed by atoms with Crippen molar-refractivity contribution in [3.05, 3.63) is 12.7 Å². The molecule has 14 heavy (non-hydrogen) atoms. The highest BCUT2D eigenvalue weighted by atomic mass is 28.3. The largest absolute Gasteiger partial charge is 0.417 e. The van der Waals surface area contributed by atoms with Crippen molar-refractivity contribution in [1.29, 1.82) is 0 Å². The third-order valence-electron chi connectivity index (χ3n) is 2.52. The molecule has 0 spiro atoms. The van der Waals surface area contributed by atoms with Gasteiger partial charge in [0.2, 0.25) is 9.04 Å². The molecule has 0 aliphatic carbocycles. The molecule has 0 aromatic carbocycles. The minimum absolute atomic E-state index is 0.389. The lowest BCUT2D eigenvalue weighted by Gasteiger charge is -2.24. The lowest BCUT2D eigenvalue weighted by molar-refractivity contribution is 0.0814. The van der Waals surface area contributed by atoms with Gasteiger partial charge in [-0.05, 0) is 24.9 Å². The maximum Gasteiger partial charge on any atom is 0.213 e. The van der Waals surface area contributed by atoms with Crippen molar-refractivity contribution >= 4 is 9.04 Å². The summed E-state index contributed by atoms with van der Waals surface area (Å²) in [4.78, 5) is 0. The first kappa shape index (κ1) is 11.9. The van der Waals surface area contributed by atoms with Crippen LogP contribution in [0.4, 0.5) is 0 Å². The molecule has 1 radical (unpaired) electrons. The van der Waals surface area contributed by atoms with Gasteiger partial charge in [-0.25, -0.2) is 0 Å². The zero-order valence-corrected chi connectivity index (χ0v) is 10.1. The molecule has 1 unspecified atom stereocenters. The topological polar surface area (TPSA) is 18.5 Å². The Morgan fingerprint density at radius 1 is 1.57 bits per heavy atom. The Labute approximate surface area is 89.0 Å². The van der Waals surface area contributed by atoms with Crippen LogP contribution in [-0.2, 0) is 9.16 Å². The quantitative estimate of drug-likeness (QED) is 0.499. The second-order valence-electron chi connectivity index (χ2n) is 3.70. The second-order valence-corrected chi connectivity index (χ2v) is 5.97. The van der Waals surface area contributed by atoms with Crippen molar-refractivity contribution in [2.24, 2.45) is 0 Å². The first-order chi connectivity index (χ1) is 6.86. The average Bonchev–Trinajstić information content (AvgIpc) is 2.25. The van der Waals surface area contributed by atoms with Crippen LogP contribution in [0, 0.1) is 0 Å². The van der Waals surface area contributed by atoms with E-state index in [2.05, 4.69) is 13.5 Å². The van der Waals surface area contributed by atoms with Gasteiger partial charge in [0.25, 0.3) is 0 Å². The molecule has 0 bridgehead atoms. The molecule has 1 aliphatic rings. The third-order valence-corrected chi connectivity index (χ3v) is 4.95. The fourth-order valence-electron chi connectivity index (χ4n) is 1.65. The Morgan fingerprint density at radius 2 is 2.43 bits per heavy atom. The molecule has 1 aliphatic heterocycles. The lowest BCUT2D eigenvalue weighted by Crippen LogP contribution is -2.29. The van der Waals surface area contributed by atoms with Gasteiger partial charge in [-0.1, -0.05) is 19.4 Å². The van der Waals surface area contributed by atoms with E-state index in [-0.39, 0.29) is 0 Å². The Hall–Kier alpha value is -0.123. The summed E-state index contributed by atoms with van der Waals surface area (Å²) in [5.74, 6) is 0. The molecule has 1 fully saturated rings. The molecule has 1 atom stereocenters. The summed E-state index contributed by atoms with van der Waals surface area (Å²) in [5.41, 5.74) is 0. The van der Waals surface area contributed by atoms with Gasteiger partial charge < -0.3 is 9.16 Å². The normalized spacial score (nSPS) is 20.6. The summed E-state index contributed by atoms with van der Waals surface area (Å²) >= 11 is 0. The Bertz CT molecular complexity index is 155. The van der Waals surface area contributed by atoms with Crippen molar-refractivity contribution in [3.8, 4) is 0 Å². The molecule has 1 rings (SSSR count). The van der Waals surface area contributed by atoms with Gasteiger partial charge >= 0.3 is 0 Å². The van der Waals surface area contributed by atoms with Crippen LogP contribution in [0.2, 0.25) is 12.1 Å². The Kier molecular flexibility index (Phi) is 6.15. The molecular weight excluding hydrogens is 192 g/mol. The Balaban J connectivity index is 2.19. The van der Waals surface area contributed by atoms with Crippen LogP contribution in [0.3, 0.4) is 0 Å². The zero-order valence-electron chi connectivity index (χ0n) is 9.13. The predicted molar refractivity (Wildman–Crippen MR) is 60.8 cm³/mol. The number of hydrogen-bond acceptors (Lipinski definition) is 2. The Morgan fingerprint density at radius 3 is 3.00 bits per heavy atom. The van der Waals surface area contributed by atoms with Crippen molar-refractivity contribution < 1.29 is 9.16 Å². The monoisotopic (exact) mass is 213 g/mol. The zero-order chi connectivity index (χ0) is 10.2. The standard InChI is InChI=1S/C11H21O2Si/c1-3-7-12-11(4-2)10-14-9-6-5-8-13-14/h3,11H,1,4-10H2,2H3. The number of hydrogen-bond donors (Lipinski definition) is 0. The van der Waals surface area contributed by atoms with Gasteiger partial charge in [0.15, 0.2) is 0 Å². The third kappa shape index (κ3) is 4.40. The van der Waals surface area contributed by atoms with E-state index in [0.717, 1.165) is 19.1 Å². The van der Waals surface area contributed by atoms with E-state index in [9.17, 15) is 0 Å². The van der Waals surface area contributed by atoms with Gasteiger partial charge in [0, 0.05) is 6.61 Å². The summed E-state index contributed by atoms with van der Waals surface area (Å²) in [7, 11) is -0.548. The van der Waals surface area contributed by atoms with Crippen molar-refractivity contribution in [1.82, 2.24) is 0 Å². The molecule has 0 saturated carbocycles. The van der Waals surface area contributed by atoms with E-state index in [0.29, 0.717) is 12.7 Å². The fraction of sp³-hybridized carbons (Fsp3) is 0.818. The van der Waals surface area contributed by atoms with Crippen LogP contribution >= 0.6 is 0 Å². The summed E-state index contributed by atoms with van der Waals surface area (Å²) in [6.45, 7) is 7.50. The fourth-order valence-corrected chi connectivity index (χ4v) is 4.11. The summed E-state index contributed by atoms with van der Waals surface area (Å²) in [6, 6.07) is 2.45. The predicted octanol–water partition coefficient (Wildman–Crippen LogP) is 2.77. The summed E-state index contributed by atoms with van der Waals surface area (Å²) in [6.07, 6.45) is 5.90. The van der Waals surface area contributed by atoms with Crippen LogP contribution < -0.4 is 0 Å². The molecule has 1 saturated heterocycles. The van der Waals surface area contributed by atoms with Crippen LogP contribution in [0.25, 0.3) is 0 Å². The van der Waals surface area contributed by atoms with E-state index < -0.39 is 9.04 Å². The minimum atomic E-state index is -0.548. The van der Waals surface area contributed by atoms with Gasteiger partial charge in [0.1, 0.15) is 0 Å². The van der Waals surface area contributed by atoms with Crippen LogP contribution in [0.15, 0.2) is 12.7 Å². The van der Waals surface area contributed by atoms with E-state index in [1.807, 2.05) is 6.08 Å². The highest BCUT2D eigenvalue weighted by Gasteiger charge is 2.21. The van der Waals surface area contributed by atoms with Crippen molar-refractivity contribution in [2.75, 3.05) is 13.2 Å². The molecule has 0 aromatic rings. The van der Waals surface area contributed by atoms with Gasteiger partial charge in [-0.2, -0.15) is 0 Å². The first-order valence-corrected chi connectivity index (χ1v) is 7.39. The average molecular weight is 213 g/mol.